The average molecular weight is 314 g/mol. The third-order valence-electron chi connectivity index (χ3n) is 2.99. The topological polar surface area (TPSA) is 74.3 Å². The summed E-state index contributed by atoms with van der Waals surface area (Å²) in [5.41, 5.74) is 1.77. The Kier molecular flexibility index (Phi) is 7.07. The van der Waals surface area contributed by atoms with Crippen LogP contribution in [0.4, 0.5) is 5.82 Å². The van der Waals surface area contributed by atoms with Crippen molar-refractivity contribution in [2.24, 2.45) is 0 Å². The van der Waals surface area contributed by atoms with Crippen LogP contribution in [0.2, 0.25) is 0 Å². The van der Waals surface area contributed by atoms with Gasteiger partial charge < -0.3 is 5.32 Å². The minimum atomic E-state index is -3.55. The van der Waals surface area contributed by atoms with Crippen molar-refractivity contribution in [1.29, 1.82) is 0 Å². The quantitative estimate of drug-likeness (QED) is 0.680. The molecule has 6 nitrogen and oxygen atoms in total. The summed E-state index contributed by atoms with van der Waals surface area (Å²) in [6.45, 7) is 8.10. The first-order valence-electron chi connectivity index (χ1n) is 7.25. The first-order valence-corrected chi connectivity index (χ1v) is 8.69. The molecule has 0 aliphatic carbocycles. The van der Waals surface area contributed by atoms with E-state index in [1.165, 1.54) is 4.31 Å². The number of rotatable bonds is 9. The van der Waals surface area contributed by atoms with E-state index in [0.29, 0.717) is 12.4 Å². The maximum Gasteiger partial charge on any atom is 0.302 e. The fourth-order valence-corrected chi connectivity index (χ4v) is 2.85. The van der Waals surface area contributed by atoms with Crippen molar-refractivity contribution >= 4 is 16.0 Å². The van der Waals surface area contributed by atoms with E-state index < -0.39 is 10.2 Å². The molecule has 0 fully saturated rings. The largest absolute Gasteiger partial charge is 0.317 e. The van der Waals surface area contributed by atoms with Gasteiger partial charge in [0.15, 0.2) is 0 Å². The van der Waals surface area contributed by atoms with E-state index in [4.69, 9.17) is 0 Å². The van der Waals surface area contributed by atoms with Crippen molar-refractivity contribution < 1.29 is 8.42 Å². The second kappa shape index (κ2) is 8.31. The van der Waals surface area contributed by atoms with Crippen LogP contribution in [0, 0.1) is 13.8 Å². The van der Waals surface area contributed by atoms with Crippen LogP contribution in [0.25, 0.3) is 0 Å². The van der Waals surface area contributed by atoms with E-state index in [9.17, 15) is 8.42 Å². The average Bonchev–Trinajstić information content (AvgIpc) is 2.36. The summed E-state index contributed by atoms with van der Waals surface area (Å²) in [7, 11) is -1.97. The normalized spacial score (nSPS) is 11.9. The third kappa shape index (κ3) is 6.41. The van der Waals surface area contributed by atoms with Crippen LogP contribution in [0.3, 0.4) is 0 Å². The second-order valence-electron chi connectivity index (χ2n) is 5.20. The molecule has 0 spiro atoms. The van der Waals surface area contributed by atoms with Crippen molar-refractivity contribution in [3.63, 3.8) is 0 Å². The van der Waals surface area contributed by atoms with Crippen molar-refractivity contribution in [1.82, 2.24) is 14.6 Å². The van der Waals surface area contributed by atoms with Crippen LogP contribution in [-0.2, 0) is 10.2 Å². The Bertz CT molecular complexity index is 526. The summed E-state index contributed by atoms with van der Waals surface area (Å²) >= 11 is 0. The molecular formula is C14H26N4O2S. The van der Waals surface area contributed by atoms with Gasteiger partial charge in [-0.1, -0.05) is 6.92 Å². The van der Waals surface area contributed by atoms with E-state index in [-0.39, 0.29) is 0 Å². The van der Waals surface area contributed by atoms with Gasteiger partial charge in [-0.3, -0.25) is 4.72 Å². The molecule has 0 aromatic carbocycles. The Morgan fingerprint density at radius 1 is 1.24 bits per heavy atom. The van der Waals surface area contributed by atoms with Gasteiger partial charge in [0, 0.05) is 19.3 Å². The van der Waals surface area contributed by atoms with Crippen molar-refractivity contribution in [3.8, 4) is 0 Å². The Hall–Kier alpha value is -1.18. The number of pyridine rings is 1. The Balaban J connectivity index is 2.55. The molecule has 0 radical (unpaired) electrons. The number of hydrogen-bond donors (Lipinski definition) is 2. The Morgan fingerprint density at radius 2 is 1.95 bits per heavy atom. The van der Waals surface area contributed by atoms with Gasteiger partial charge in [-0.2, -0.15) is 12.7 Å². The van der Waals surface area contributed by atoms with Gasteiger partial charge in [0.2, 0.25) is 0 Å². The number of hydrogen-bond acceptors (Lipinski definition) is 4. The highest BCUT2D eigenvalue weighted by molar-refractivity contribution is 7.90. The standard InChI is InChI=1S/C14H26N4O2S/c1-5-7-15-8-6-9-18(4)21(19,20)17-14-11-12(2)10-13(3)16-14/h10-11,15H,5-9H2,1-4H3,(H,16,17). The molecule has 2 N–H and O–H groups in total. The summed E-state index contributed by atoms with van der Waals surface area (Å²) in [4.78, 5) is 4.19. The van der Waals surface area contributed by atoms with Gasteiger partial charge in [0.05, 0.1) is 0 Å². The molecule has 120 valence electrons. The van der Waals surface area contributed by atoms with Crippen LogP contribution < -0.4 is 10.0 Å². The van der Waals surface area contributed by atoms with E-state index >= 15 is 0 Å². The highest BCUT2D eigenvalue weighted by atomic mass is 32.2. The lowest BCUT2D eigenvalue weighted by molar-refractivity contribution is 0.458. The number of aryl methyl sites for hydroxylation is 2. The summed E-state index contributed by atoms with van der Waals surface area (Å²) < 4.78 is 28.2. The zero-order valence-corrected chi connectivity index (χ0v) is 14.1. The van der Waals surface area contributed by atoms with Crippen LogP contribution >= 0.6 is 0 Å². The molecule has 0 saturated heterocycles. The van der Waals surface area contributed by atoms with E-state index in [2.05, 4.69) is 21.9 Å². The highest BCUT2D eigenvalue weighted by Crippen LogP contribution is 2.12. The molecule has 1 heterocycles. The molecule has 1 aromatic heterocycles. The zero-order valence-electron chi connectivity index (χ0n) is 13.3. The molecular weight excluding hydrogens is 288 g/mol. The lowest BCUT2D eigenvalue weighted by Crippen LogP contribution is -2.34. The summed E-state index contributed by atoms with van der Waals surface area (Å²) in [6, 6.07) is 3.63. The maximum absolute atomic E-state index is 12.2. The molecule has 1 rings (SSSR count). The minimum absolute atomic E-state index is 0.364. The van der Waals surface area contributed by atoms with Crippen LogP contribution in [0.15, 0.2) is 12.1 Å². The smallest absolute Gasteiger partial charge is 0.302 e. The van der Waals surface area contributed by atoms with Crippen LogP contribution in [-0.4, -0.2) is 44.4 Å². The van der Waals surface area contributed by atoms with Crippen molar-refractivity contribution in [3.05, 3.63) is 23.4 Å². The molecule has 7 heteroatoms. The molecule has 1 aromatic rings. The molecule has 0 amide bonds. The zero-order chi connectivity index (χ0) is 15.9. The molecule has 0 bridgehead atoms. The Labute approximate surface area is 128 Å². The third-order valence-corrected chi connectivity index (χ3v) is 4.47. The molecule has 0 unspecified atom stereocenters. The second-order valence-corrected chi connectivity index (χ2v) is 6.98. The number of nitrogens with one attached hydrogen (secondary N) is 2. The van der Waals surface area contributed by atoms with Gasteiger partial charge in [-0.15, -0.1) is 0 Å². The molecule has 21 heavy (non-hydrogen) atoms. The van der Waals surface area contributed by atoms with Gasteiger partial charge >= 0.3 is 10.2 Å². The van der Waals surface area contributed by atoms with Crippen LogP contribution in [0.5, 0.6) is 0 Å². The summed E-state index contributed by atoms with van der Waals surface area (Å²) in [5, 5.41) is 3.25. The van der Waals surface area contributed by atoms with Gasteiger partial charge in [0.1, 0.15) is 5.82 Å². The number of anilines is 1. The lowest BCUT2D eigenvalue weighted by Gasteiger charge is -2.18. The SMILES string of the molecule is CCCNCCCN(C)S(=O)(=O)Nc1cc(C)cc(C)n1. The van der Waals surface area contributed by atoms with Gasteiger partial charge in [0.25, 0.3) is 0 Å². The fourth-order valence-electron chi connectivity index (χ4n) is 1.95. The van der Waals surface area contributed by atoms with E-state index in [1.54, 1.807) is 13.1 Å². The van der Waals surface area contributed by atoms with Crippen molar-refractivity contribution in [2.75, 3.05) is 31.4 Å². The van der Waals surface area contributed by atoms with E-state index in [0.717, 1.165) is 37.2 Å². The molecule has 0 atom stereocenters. The maximum atomic E-state index is 12.2. The van der Waals surface area contributed by atoms with Crippen molar-refractivity contribution in [2.45, 2.75) is 33.6 Å². The lowest BCUT2D eigenvalue weighted by atomic mass is 10.2. The summed E-state index contributed by atoms with van der Waals surface area (Å²) in [5.74, 6) is 0.364. The minimum Gasteiger partial charge on any atom is -0.317 e. The predicted molar refractivity (Wildman–Crippen MR) is 86.7 cm³/mol. The predicted octanol–water partition coefficient (Wildman–Crippen LogP) is 1.68. The van der Waals surface area contributed by atoms with E-state index in [1.807, 2.05) is 19.9 Å². The van der Waals surface area contributed by atoms with Gasteiger partial charge in [-0.05, 0) is 57.5 Å². The first kappa shape index (κ1) is 17.9. The van der Waals surface area contributed by atoms with Gasteiger partial charge in [-0.25, -0.2) is 4.98 Å². The number of aromatic nitrogens is 1. The fraction of sp³-hybridized carbons (Fsp3) is 0.643. The first-order chi connectivity index (χ1) is 9.85. The highest BCUT2D eigenvalue weighted by Gasteiger charge is 2.17. The molecule has 0 aliphatic rings. The monoisotopic (exact) mass is 314 g/mol. The molecule has 0 saturated carbocycles. The van der Waals surface area contributed by atoms with Crippen LogP contribution in [0.1, 0.15) is 31.0 Å². The Morgan fingerprint density at radius 3 is 2.57 bits per heavy atom. The number of nitrogens with zero attached hydrogens (tertiary/aromatic N) is 2. The molecule has 0 aliphatic heterocycles. The summed E-state index contributed by atoms with van der Waals surface area (Å²) in [6.07, 6.45) is 1.85.